The van der Waals surface area contributed by atoms with Crippen LogP contribution in [0.4, 0.5) is 5.69 Å². The third-order valence-corrected chi connectivity index (χ3v) is 6.91. The number of nitrogens with zero attached hydrogens (tertiary/aromatic N) is 1. The summed E-state index contributed by atoms with van der Waals surface area (Å²) in [5, 5.41) is 10.9. The minimum atomic E-state index is -1.04. The second kappa shape index (κ2) is 10.4. The molecular formula is C27H27N5O6. The van der Waals surface area contributed by atoms with Crippen molar-refractivity contribution in [3.8, 4) is 0 Å². The molecule has 2 fully saturated rings. The fourth-order valence-corrected chi connectivity index (χ4v) is 4.80. The zero-order valence-electron chi connectivity index (χ0n) is 20.5. The third-order valence-electron chi connectivity index (χ3n) is 6.91. The van der Waals surface area contributed by atoms with Crippen LogP contribution in [0.1, 0.15) is 56.8 Å². The molecule has 0 radical (unpaired) electrons. The van der Waals surface area contributed by atoms with Crippen molar-refractivity contribution in [1.29, 1.82) is 0 Å². The molecule has 1 aliphatic carbocycles. The van der Waals surface area contributed by atoms with Crippen molar-refractivity contribution in [2.75, 3.05) is 18.4 Å². The van der Waals surface area contributed by atoms with Crippen LogP contribution in [0.25, 0.3) is 0 Å². The standard InChI is InChI=1S/C27H27N5O6/c33-20-12-11-19(24(35)30-20)32-26(37)17-7-4-8-18(21(17)27(32)38)28-13-14-29-25(36)22(15-9-10-15)31-23(34)16-5-2-1-3-6-16/h1-8,15,19,22,28H,9-14H2,(H,29,36)(H,31,34)(H,30,33,35). The molecule has 1 saturated carbocycles. The molecule has 11 heteroatoms. The summed E-state index contributed by atoms with van der Waals surface area (Å²) in [7, 11) is 0. The Labute approximate surface area is 218 Å². The van der Waals surface area contributed by atoms with Crippen LogP contribution in [0.2, 0.25) is 0 Å². The van der Waals surface area contributed by atoms with Gasteiger partial charge in [-0.05, 0) is 49.4 Å². The summed E-state index contributed by atoms with van der Waals surface area (Å²) < 4.78 is 0. The van der Waals surface area contributed by atoms with E-state index < -0.39 is 35.7 Å². The van der Waals surface area contributed by atoms with Gasteiger partial charge in [0.1, 0.15) is 12.1 Å². The fourth-order valence-electron chi connectivity index (χ4n) is 4.80. The van der Waals surface area contributed by atoms with Crippen molar-refractivity contribution in [3.63, 3.8) is 0 Å². The lowest BCUT2D eigenvalue weighted by molar-refractivity contribution is -0.136. The number of hydrogen-bond donors (Lipinski definition) is 4. The number of carbonyl (C=O) groups excluding carboxylic acids is 6. The molecule has 2 heterocycles. The Bertz CT molecular complexity index is 1320. The summed E-state index contributed by atoms with van der Waals surface area (Å²) in [6.45, 7) is 0.470. The summed E-state index contributed by atoms with van der Waals surface area (Å²) in [5.74, 6) is -2.79. The Morgan fingerprint density at radius 1 is 0.921 bits per heavy atom. The van der Waals surface area contributed by atoms with Crippen LogP contribution in [-0.2, 0) is 14.4 Å². The van der Waals surface area contributed by atoms with Crippen LogP contribution in [0.3, 0.4) is 0 Å². The van der Waals surface area contributed by atoms with Crippen LogP contribution in [-0.4, -0.2) is 65.5 Å². The largest absolute Gasteiger partial charge is 0.383 e. The van der Waals surface area contributed by atoms with Gasteiger partial charge in [0.05, 0.1) is 11.1 Å². The topological polar surface area (TPSA) is 154 Å². The predicted molar refractivity (Wildman–Crippen MR) is 135 cm³/mol. The zero-order chi connectivity index (χ0) is 26.8. The molecule has 11 nitrogen and oxygen atoms in total. The molecule has 0 aromatic heterocycles. The maximum Gasteiger partial charge on any atom is 0.264 e. The molecular weight excluding hydrogens is 490 g/mol. The Morgan fingerprint density at radius 2 is 1.68 bits per heavy atom. The first-order valence-electron chi connectivity index (χ1n) is 12.6. The molecule has 1 saturated heterocycles. The number of fused-ring (bicyclic) bond motifs is 1. The molecule has 3 aliphatic rings. The van der Waals surface area contributed by atoms with E-state index in [4.69, 9.17) is 0 Å². The van der Waals surface area contributed by atoms with E-state index in [9.17, 15) is 28.8 Å². The number of imide groups is 2. The minimum absolute atomic E-state index is 0.0439. The molecule has 0 spiro atoms. The lowest BCUT2D eigenvalue weighted by Gasteiger charge is -2.27. The maximum absolute atomic E-state index is 13.2. The first kappa shape index (κ1) is 25.1. The van der Waals surface area contributed by atoms with Gasteiger partial charge in [-0.1, -0.05) is 24.3 Å². The Balaban J connectivity index is 1.19. The van der Waals surface area contributed by atoms with Gasteiger partial charge in [0.2, 0.25) is 17.7 Å². The van der Waals surface area contributed by atoms with Gasteiger partial charge in [-0.3, -0.25) is 39.0 Å². The van der Waals surface area contributed by atoms with E-state index in [0.717, 1.165) is 17.7 Å². The molecule has 2 unspecified atom stereocenters. The third kappa shape index (κ3) is 4.99. The van der Waals surface area contributed by atoms with Crippen LogP contribution >= 0.6 is 0 Å². The Morgan fingerprint density at radius 3 is 2.39 bits per heavy atom. The number of hydrogen-bond acceptors (Lipinski definition) is 7. The van der Waals surface area contributed by atoms with Gasteiger partial charge in [0, 0.05) is 30.8 Å². The van der Waals surface area contributed by atoms with Crippen LogP contribution in [0.15, 0.2) is 48.5 Å². The van der Waals surface area contributed by atoms with Crippen molar-refractivity contribution < 1.29 is 28.8 Å². The van der Waals surface area contributed by atoms with Gasteiger partial charge in [0.15, 0.2) is 0 Å². The summed E-state index contributed by atoms with van der Waals surface area (Å²) in [6.07, 6.45) is 1.85. The molecule has 4 N–H and O–H groups in total. The maximum atomic E-state index is 13.2. The van der Waals surface area contributed by atoms with Gasteiger partial charge >= 0.3 is 0 Å². The van der Waals surface area contributed by atoms with Crippen molar-refractivity contribution in [1.82, 2.24) is 20.9 Å². The van der Waals surface area contributed by atoms with Crippen molar-refractivity contribution in [3.05, 3.63) is 65.2 Å². The molecule has 196 valence electrons. The Kier molecular flexibility index (Phi) is 6.91. The smallest absolute Gasteiger partial charge is 0.264 e. The van der Waals surface area contributed by atoms with E-state index in [-0.39, 0.29) is 54.8 Å². The lowest BCUT2D eigenvalue weighted by Crippen LogP contribution is -2.54. The normalized spacial score (nSPS) is 19.5. The molecule has 5 rings (SSSR count). The number of benzene rings is 2. The SMILES string of the molecule is O=C1CCC(N2C(=O)c3cccc(NCCNC(=O)C(NC(=O)c4ccccc4)C4CC4)c3C2=O)C(=O)N1. The lowest BCUT2D eigenvalue weighted by atomic mass is 10.0. The van der Waals surface area contributed by atoms with E-state index >= 15 is 0 Å². The van der Waals surface area contributed by atoms with Gasteiger partial charge < -0.3 is 16.0 Å². The number of carbonyl (C=O) groups is 6. The molecule has 2 aliphatic heterocycles. The molecule has 2 aromatic rings. The van der Waals surface area contributed by atoms with E-state index in [1.807, 2.05) is 6.07 Å². The van der Waals surface area contributed by atoms with E-state index in [1.54, 1.807) is 36.4 Å². The monoisotopic (exact) mass is 517 g/mol. The molecule has 0 bridgehead atoms. The molecule has 6 amide bonds. The van der Waals surface area contributed by atoms with E-state index in [1.165, 1.54) is 6.07 Å². The highest BCUT2D eigenvalue weighted by Crippen LogP contribution is 2.33. The summed E-state index contributed by atoms with van der Waals surface area (Å²) in [6, 6.07) is 11.8. The fraction of sp³-hybridized carbons (Fsp3) is 0.333. The quantitative estimate of drug-likeness (QED) is 0.284. The summed E-state index contributed by atoms with van der Waals surface area (Å²) in [4.78, 5) is 76.2. The number of piperidine rings is 1. The first-order chi connectivity index (χ1) is 18.3. The number of amides is 6. The highest BCUT2D eigenvalue weighted by molar-refractivity contribution is 6.25. The predicted octanol–water partition coefficient (Wildman–Crippen LogP) is 0.825. The average molecular weight is 518 g/mol. The Hall–Kier alpha value is -4.54. The molecule has 2 aromatic carbocycles. The van der Waals surface area contributed by atoms with Gasteiger partial charge in [0.25, 0.3) is 17.7 Å². The van der Waals surface area contributed by atoms with Crippen LogP contribution < -0.4 is 21.3 Å². The van der Waals surface area contributed by atoms with Gasteiger partial charge in [-0.2, -0.15) is 0 Å². The zero-order valence-corrected chi connectivity index (χ0v) is 20.5. The molecule has 2 atom stereocenters. The summed E-state index contributed by atoms with van der Waals surface area (Å²) >= 11 is 0. The van der Waals surface area contributed by atoms with Gasteiger partial charge in [-0.15, -0.1) is 0 Å². The number of nitrogens with one attached hydrogen (secondary N) is 4. The summed E-state index contributed by atoms with van der Waals surface area (Å²) in [5.41, 5.74) is 1.21. The molecule has 38 heavy (non-hydrogen) atoms. The number of anilines is 1. The minimum Gasteiger partial charge on any atom is -0.383 e. The van der Waals surface area contributed by atoms with Crippen LogP contribution in [0.5, 0.6) is 0 Å². The average Bonchev–Trinajstić information content (AvgIpc) is 3.72. The highest BCUT2D eigenvalue weighted by atomic mass is 16.2. The van der Waals surface area contributed by atoms with Crippen molar-refractivity contribution in [2.45, 2.75) is 37.8 Å². The van der Waals surface area contributed by atoms with Crippen LogP contribution in [0, 0.1) is 5.92 Å². The second-order valence-corrected chi connectivity index (χ2v) is 9.55. The van der Waals surface area contributed by atoms with E-state index in [2.05, 4.69) is 21.3 Å². The van der Waals surface area contributed by atoms with E-state index in [0.29, 0.717) is 11.3 Å². The second-order valence-electron chi connectivity index (χ2n) is 9.55. The number of rotatable bonds is 9. The first-order valence-corrected chi connectivity index (χ1v) is 12.6. The van der Waals surface area contributed by atoms with Crippen molar-refractivity contribution in [2.24, 2.45) is 5.92 Å². The highest BCUT2D eigenvalue weighted by Gasteiger charge is 2.45. The van der Waals surface area contributed by atoms with Crippen molar-refractivity contribution >= 4 is 41.1 Å². The van der Waals surface area contributed by atoms with Gasteiger partial charge in [-0.25, -0.2) is 0 Å².